The van der Waals surface area contributed by atoms with Gasteiger partial charge in [-0.1, -0.05) is 42.5 Å². The number of pyridine rings is 1. The molecule has 0 bridgehead atoms. The molecule has 0 radical (unpaired) electrons. The first-order valence-corrected chi connectivity index (χ1v) is 13.2. The lowest BCUT2D eigenvalue weighted by atomic mass is 10.1. The van der Waals surface area contributed by atoms with Gasteiger partial charge in [-0.3, -0.25) is 9.67 Å². The number of amides is 1. The van der Waals surface area contributed by atoms with Crippen LogP contribution in [0.25, 0.3) is 22.5 Å². The van der Waals surface area contributed by atoms with Gasteiger partial charge in [0.2, 0.25) is 0 Å². The van der Waals surface area contributed by atoms with E-state index in [1.165, 1.54) is 4.68 Å². The average Bonchev–Trinajstić information content (AvgIpc) is 3.36. The zero-order valence-corrected chi connectivity index (χ0v) is 23.2. The van der Waals surface area contributed by atoms with Crippen LogP contribution in [0.4, 0.5) is 4.79 Å². The third-order valence-corrected chi connectivity index (χ3v) is 5.69. The molecule has 0 aliphatic carbocycles. The lowest BCUT2D eigenvalue weighted by Crippen LogP contribution is -2.34. The molecule has 9 nitrogen and oxygen atoms in total. The molecule has 9 heteroatoms. The Morgan fingerprint density at radius 1 is 0.925 bits per heavy atom. The lowest BCUT2D eigenvalue weighted by Gasteiger charge is -2.19. The smallest absolute Gasteiger partial charge is 0.407 e. The maximum Gasteiger partial charge on any atom is 0.407 e. The van der Waals surface area contributed by atoms with E-state index in [0.717, 1.165) is 28.1 Å². The highest BCUT2D eigenvalue weighted by atomic mass is 16.6. The van der Waals surface area contributed by atoms with Crippen molar-refractivity contribution in [2.24, 2.45) is 0 Å². The highest BCUT2D eigenvalue weighted by molar-refractivity contribution is 5.89. The van der Waals surface area contributed by atoms with E-state index in [9.17, 15) is 9.59 Å². The maximum atomic E-state index is 12.7. The normalized spacial score (nSPS) is 11.1. The van der Waals surface area contributed by atoms with Crippen molar-refractivity contribution in [2.75, 3.05) is 13.2 Å². The summed E-state index contributed by atoms with van der Waals surface area (Å²) in [5.41, 5.74) is 3.76. The first-order chi connectivity index (χ1) is 19.2. The Labute approximate surface area is 234 Å². The molecule has 208 valence electrons. The van der Waals surface area contributed by atoms with Crippen molar-refractivity contribution in [3.05, 3.63) is 90.3 Å². The Kier molecular flexibility index (Phi) is 9.16. The third kappa shape index (κ3) is 7.92. The van der Waals surface area contributed by atoms with E-state index < -0.39 is 17.7 Å². The minimum absolute atomic E-state index is 0.222. The van der Waals surface area contributed by atoms with E-state index in [0.29, 0.717) is 12.3 Å². The summed E-state index contributed by atoms with van der Waals surface area (Å²) in [6.45, 7) is 8.31. The Hall–Kier alpha value is -4.66. The molecule has 2 aromatic heterocycles. The summed E-state index contributed by atoms with van der Waals surface area (Å²) < 4.78 is 18.0. The van der Waals surface area contributed by atoms with E-state index in [-0.39, 0.29) is 25.4 Å². The van der Waals surface area contributed by atoms with Crippen molar-refractivity contribution in [2.45, 2.75) is 46.4 Å². The zero-order chi connectivity index (χ0) is 28.5. The summed E-state index contributed by atoms with van der Waals surface area (Å²) in [4.78, 5) is 29.2. The first-order valence-electron chi connectivity index (χ1n) is 13.2. The molecule has 1 N–H and O–H groups in total. The topological polar surface area (TPSA) is 105 Å². The van der Waals surface area contributed by atoms with Crippen LogP contribution in [0.1, 0.15) is 43.7 Å². The Bertz CT molecular complexity index is 1440. The molecule has 0 spiro atoms. The quantitative estimate of drug-likeness (QED) is 0.249. The minimum atomic E-state index is -0.606. The fourth-order valence-electron chi connectivity index (χ4n) is 3.91. The van der Waals surface area contributed by atoms with Crippen LogP contribution in [0.3, 0.4) is 0 Å². The van der Waals surface area contributed by atoms with Crippen LogP contribution < -0.4 is 10.1 Å². The summed E-state index contributed by atoms with van der Waals surface area (Å²) >= 11 is 0. The second-order valence-electron chi connectivity index (χ2n) is 10.0. The SMILES string of the molecule is CCOC(=O)c1cc(-c2ccnc(-c3cccc(OCc4ccccc4)c3)c2)nn1CCNC(=O)OC(C)(C)C. The van der Waals surface area contributed by atoms with Gasteiger partial charge in [0.1, 0.15) is 23.7 Å². The number of nitrogens with zero attached hydrogens (tertiary/aromatic N) is 3. The van der Waals surface area contributed by atoms with Crippen molar-refractivity contribution < 1.29 is 23.8 Å². The molecule has 0 saturated carbocycles. The van der Waals surface area contributed by atoms with Crippen LogP contribution in [0.5, 0.6) is 5.75 Å². The Balaban J connectivity index is 1.52. The Morgan fingerprint density at radius 3 is 2.45 bits per heavy atom. The molecule has 0 aliphatic rings. The van der Waals surface area contributed by atoms with Gasteiger partial charge in [-0.15, -0.1) is 0 Å². The largest absolute Gasteiger partial charge is 0.489 e. The van der Waals surface area contributed by atoms with E-state index >= 15 is 0 Å². The van der Waals surface area contributed by atoms with Crippen molar-refractivity contribution in [1.82, 2.24) is 20.1 Å². The Morgan fingerprint density at radius 2 is 1.70 bits per heavy atom. The van der Waals surface area contributed by atoms with Gasteiger partial charge < -0.3 is 19.5 Å². The summed E-state index contributed by atoms with van der Waals surface area (Å²) in [6.07, 6.45) is 1.17. The molecule has 0 aliphatic heterocycles. The summed E-state index contributed by atoms with van der Waals surface area (Å²) in [6, 6.07) is 23.2. The summed E-state index contributed by atoms with van der Waals surface area (Å²) in [5, 5.41) is 7.34. The standard InChI is InChI=1S/C31H34N4O5/c1-5-38-29(36)28-20-27(34-35(28)17-16-33-30(37)40-31(2,3)4)24-14-15-32-26(19-24)23-12-9-13-25(18-23)39-21-22-10-7-6-8-11-22/h6-15,18-20H,5,16-17,21H2,1-4H3,(H,33,37). The molecular formula is C31H34N4O5. The molecule has 4 aromatic rings. The molecule has 4 rings (SSSR count). The monoisotopic (exact) mass is 542 g/mol. The van der Waals surface area contributed by atoms with Crippen molar-refractivity contribution in [3.8, 4) is 28.3 Å². The summed E-state index contributed by atoms with van der Waals surface area (Å²) in [7, 11) is 0. The van der Waals surface area contributed by atoms with Gasteiger partial charge >= 0.3 is 12.1 Å². The second-order valence-corrected chi connectivity index (χ2v) is 10.0. The number of hydrogen-bond acceptors (Lipinski definition) is 7. The van der Waals surface area contributed by atoms with Gasteiger partial charge in [0.05, 0.1) is 24.5 Å². The van der Waals surface area contributed by atoms with Gasteiger partial charge in [-0.05, 0) is 63.6 Å². The molecule has 2 heterocycles. The highest BCUT2D eigenvalue weighted by Crippen LogP contribution is 2.27. The minimum Gasteiger partial charge on any atom is -0.489 e. The number of carbonyl (C=O) groups is 2. The fraction of sp³-hybridized carbons (Fsp3) is 0.290. The number of ether oxygens (including phenoxy) is 3. The molecular weight excluding hydrogens is 508 g/mol. The highest BCUT2D eigenvalue weighted by Gasteiger charge is 2.19. The number of rotatable bonds is 10. The fourth-order valence-corrected chi connectivity index (χ4v) is 3.91. The molecule has 2 aromatic carbocycles. The van der Waals surface area contributed by atoms with E-state index in [1.54, 1.807) is 40.0 Å². The van der Waals surface area contributed by atoms with Crippen LogP contribution in [-0.2, 0) is 22.6 Å². The van der Waals surface area contributed by atoms with Gasteiger partial charge in [0.25, 0.3) is 0 Å². The molecule has 40 heavy (non-hydrogen) atoms. The number of hydrogen-bond donors (Lipinski definition) is 1. The second kappa shape index (κ2) is 12.9. The van der Waals surface area contributed by atoms with Gasteiger partial charge in [0, 0.05) is 23.9 Å². The predicted molar refractivity (Wildman–Crippen MR) is 152 cm³/mol. The molecule has 0 atom stereocenters. The number of benzene rings is 2. The molecule has 1 amide bonds. The molecule has 0 unspecified atom stereocenters. The number of nitrogens with one attached hydrogen (secondary N) is 1. The first kappa shape index (κ1) is 28.4. The van der Waals surface area contributed by atoms with E-state index in [2.05, 4.69) is 15.4 Å². The number of carbonyl (C=O) groups excluding carboxylic acids is 2. The van der Waals surface area contributed by atoms with E-state index in [1.807, 2.05) is 66.7 Å². The third-order valence-electron chi connectivity index (χ3n) is 5.69. The van der Waals surface area contributed by atoms with Crippen LogP contribution in [-0.4, -0.2) is 45.6 Å². The zero-order valence-electron chi connectivity index (χ0n) is 23.2. The molecule has 0 saturated heterocycles. The van der Waals surface area contributed by atoms with E-state index in [4.69, 9.17) is 14.2 Å². The van der Waals surface area contributed by atoms with Crippen LogP contribution >= 0.6 is 0 Å². The van der Waals surface area contributed by atoms with Gasteiger partial charge in [-0.2, -0.15) is 5.10 Å². The van der Waals surface area contributed by atoms with Gasteiger partial charge in [0.15, 0.2) is 0 Å². The average molecular weight is 543 g/mol. The maximum absolute atomic E-state index is 12.7. The predicted octanol–water partition coefficient (Wildman–Crippen LogP) is 5.89. The number of esters is 1. The van der Waals surface area contributed by atoms with Crippen LogP contribution in [0, 0.1) is 0 Å². The van der Waals surface area contributed by atoms with Crippen molar-refractivity contribution in [1.29, 1.82) is 0 Å². The summed E-state index contributed by atoms with van der Waals surface area (Å²) in [5.74, 6) is 0.246. The number of aromatic nitrogens is 3. The lowest BCUT2D eigenvalue weighted by molar-refractivity contribution is 0.0512. The van der Waals surface area contributed by atoms with Crippen molar-refractivity contribution >= 4 is 12.1 Å². The molecule has 0 fully saturated rings. The van der Waals surface area contributed by atoms with Crippen molar-refractivity contribution in [3.63, 3.8) is 0 Å². The number of alkyl carbamates (subject to hydrolysis) is 1. The van der Waals surface area contributed by atoms with Crippen LogP contribution in [0.2, 0.25) is 0 Å². The van der Waals surface area contributed by atoms with Crippen LogP contribution in [0.15, 0.2) is 79.0 Å². The van der Waals surface area contributed by atoms with Gasteiger partial charge in [-0.25, -0.2) is 9.59 Å².